The van der Waals surface area contributed by atoms with Gasteiger partial charge in [0, 0.05) is 27.7 Å². The van der Waals surface area contributed by atoms with E-state index in [-0.39, 0.29) is 5.78 Å². The van der Waals surface area contributed by atoms with Gasteiger partial charge in [-0.3, -0.25) is 15.0 Å². The van der Waals surface area contributed by atoms with Gasteiger partial charge < -0.3 is 5.32 Å². The second-order valence-corrected chi connectivity index (χ2v) is 6.29. The van der Waals surface area contributed by atoms with Gasteiger partial charge in [-0.05, 0) is 36.4 Å². The van der Waals surface area contributed by atoms with Crippen LogP contribution in [0.1, 0.15) is 16.1 Å². The molecule has 0 aliphatic heterocycles. The number of nitrogens with one attached hydrogen (secondary N) is 3. The molecule has 5 aromatic rings. The summed E-state index contributed by atoms with van der Waals surface area (Å²) in [6.07, 6.45) is 1.77. The van der Waals surface area contributed by atoms with Gasteiger partial charge in [-0.15, -0.1) is 0 Å². The number of ketones is 1. The zero-order valence-electron chi connectivity index (χ0n) is 14.2. The molecule has 2 heterocycles. The van der Waals surface area contributed by atoms with E-state index < -0.39 is 0 Å². The summed E-state index contributed by atoms with van der Waals surface area (Å²) in [6, 6.07) is 21.0. The standard InChI is InChI=1S/C21H15N5O/c27-21(20-15-5-1-4-8-19(15)25-26-20)16-6-2-3-7-18(16)23-14-9-10-17-13(11-14)12-22-24-17/h1-12,23H,(H,22,24)(H,25,26). The molecule has 0 amide bonds. The fourth-order valence-electron chi connectivity index (χ4n) is 3.23. The van der Waals surface area contributed by atoms with Crippen molar-refractivity contribution in [2.24, 2.45) is 0 Å². The number of rotatable bonds is 4. The van der Waals surface area contributed by atoms with Crippen LogP contribution in [0.5, 0.6) is 0 Å². The van der Waals surface area contributed by atoms with Gasteiger partial charge in [-0.1, -0.05) is 30.3 Å². The molecule has 0 aliphatic rings. The Hall–Kier alpha value is -3.93. The SMILES string of the molecule is O=C(c1ccccc1Nc1ccc2[nH]ncc2c1)c1n[nH]c2ccccc12. The summed E-state index contributed by atoms with van der Waals surface area (Å²) < 4.78 is 0. The highest BCUT2D eigenvalue weighted by molar-refractivity contribution is 6.17. The zero-order chi connectivity index (χ0) is 18.2. The van der Waals surface area contributed by atoms with Gasteiger partial charge in [0.05, 0.1) is 17.2 Å². The maximum atomic E-state index is 13.2. The van der Waals surface area contributed by atoms with Crippen LogP contribution in [0.2, 0.25) is 0 Å². The maximum absolute atomic E-state index is 13.2. The third-order valence-electron chi connectivity index (χ3n) is 4.58. The van der Waals surface area contributed by atoms with Crippen molar-refractivity contribution in [3.05, 3.63) is 84.2 Å². The van der Waals surface area contributed by atoms with E-state index >= 15 is 0 Å². The Balaban J connectivity index is 1.54. The van der Waals surface area contributed by atoms with Gasteiger partial charge in [0.25, 0.3) is 0 Å². The molecule has 3 N–H and O–H groups in total. The van der Waals surface area contributed by atoms with E-state index in [0.717, 1.165) is 33.2 Å². The molecule has 0 aliphatic carbocycles. The minimum Gasteiger partial charge on any atom is -0.355 e. The first-order valence-electron chi connectivity index (χ1n) is 8.56. The van der Waals surface area contributed by atoms with Crippen molar-refractivity contribution in [2.75, 3.05) is 5.32 Å². The highest BCUT2D eigenvalue weighted by Gasteiger charge is 2.19. The van der Waals surface area contributed by atoms with Crippen LogP contribution >= 0.6 is 0 Å². The molecule has 0 saturated heterocycles. The summed E-state index contributed by atoms with van der Waals surface area (Å²) in [4.78, 5) is 13.2. The number of hydrogen-bond donors (Lipinski definition) is 3. The number of H-pyrrole nitrogens is 2. The van der Waals surface area contributed by atoms with Crippen molar-refractivity contribution in [3.8, 4) is 0 Å². The van der Waals surface area contributed by atoms with Crippen LogP contribution in [0, 0.1) is 0 Å². The lowest BCUT2D eigenvalue weighted by Gasteiger charge is -2.11. The lowest BCUT2D eigenvalue weighted by molar-refractivity contribution is 0.103. The van der Waals surface area contributed by atoms with Crippen molar-refractivity contribution in [3.63, 3.8) is 0 Å². The molecular weight excluding hydrogens is 338 g/mol. The molecule has 0 radical (unpaired) electrons. The molecule has 2 aromatic heterocycles. The van der Waals surface area contributed by atoms with Crippen molar-refractivity contribution in [1.29, 1.82) is 0 Å². The monoisotopic (exact) mass is 353 g/mol. The first-order chi connectivity index (χ1) is 13.3. The van der Waals surface area contributed by atoms with Crippen molar-refractivity contribution in [1.82, 2.24) is 20.4 Å². The molecule has 6 nitrogen and oxygen atoms in total. The minimum absolute atomic E-state index is 0.125. The Labute approximate surface area is 154 Å². The van der Waals surface area contributed by atoms with Gasteiger partial charge in [-0.2, -0.15) is 10.2 Å². The highest BCUT2D eigenvalue weighted by atomic mass is 16.1. The summed E-state index contributed by atoms with van der Waals surface area (Å²) >= 11 is 0. The maximum Gasteiger partial charge on any atom is 0.215 e. The fourth-order valence-corrected chi connectivity index (χ4v) is 3.23. The van der Waals surface area contributed by atoms with Gasteiger partial charge in [-0.25, -0.2) is 0 Å². The largest absolute Gasteiger partial charge is 0.355 e. The van der Waals surface area contributed by atoms with Crippen molar-refractivity contribution < 1.29 is 4.79 Å². The first kappa shape index (κ1) is 15.3. The van der Waals surface area contributed by atoms with E-state index in [2.05, 4.69) is 25.7 Å². The highest BCUT2D eigenvalue weighted by Crippen LogP contribution is 2.27. The second-order valence-electron chi connectivity index (χ2n) is 6.29. The number of benzene rings is 3. The van der Waals surface area contributed by atoms with Gasteiger partial charge >= 0.3 is 0 Å². The molecule has 5 rings (SSSR count). The van der Waals surface area contributed by atoms with Gasteiger partial charge in [0.2, 0.25) is 5.78 Å². The van der Waals surface area contributed by atoms with Crippen LogP contribution in [-0.2, 0) is 0 Å². The predicted molar refractivity (Wildman–Crippen MR) is 105 cm³/mol. The molecule has 6 heteroatoms. The van der Waals surface area contributed by atoms with Crippen molar-refractivity contribution in [2.45, 2.75) is 0 Å². The number of anilines is 2. The van der Waals surface area contributed by atoms with Crippen LogP contribution in [0.3, 0.4) is 0 Å². The van der Waals surface area contributed by atoms with E-state index in [9.17, 15) is 4.79 Å². The Morgan fingerprint density at radius 1 is 0.889 bits per heavy atom. The predicted octanol–water partition coefficient (Wildman–Crippen LogP) is 4.41. The molecule has 27 heavy (non-hydrogen) atoms. The Bertz CT molecular complexity index is 1280. The zero-order valence-corrected chi connectivity index (χ0v) is 14.2. The van der Waals surface area contributed by atoms with E-state index in [1.54, 1.807) is 6.20 Å². The minimum atomic E-state index is -0.125. The second kappa shape index (κ2) is 6.10. The average molecular weight is 353 g/mol. The lowest BCUT2D eigenvalue weighted by Crippen LogP contribution is -2.06. The average Bonchev–Trinajstić information content (AvgIpc) is 3.34. The van der Waals surface area contributed by atoms with E-state index in [0.29, 0.717) is 11.3 Å². The van der Waals surface area contributed by atoms with Crippen LogP contribution < -0.4 is 5.32 Å². The Kier molecular flexibility index (Phi) is 3.47. The number of carbonyl (C=O) groups excluding carboxylic acids is 1. The van der Waals surface area contributed by atoms with E-state index in [1.807, 2.05) is 66.7 Å². The molecular formula is C21H15N5O. The molecule has 0 fully saturated rings. The summed E-state index contributed by atoms with van der Waals surface area (Å²) in [5.74, 6) is -0.125. The number of aromatic amines is 2. The third kappa shape index (κ3) is 2.64. The summed E-state index contributed by atoms with van der Waals surface area (Å²) in [7, 11) is 0. The summed E-state index contributed by atoms with van der Waals surface area (Å²) in [5, 5.41) is 19.3. The van der Waals surface area contributed by atoms with Gasteiger partial charge in [0.1, 0.15) is 5.69 Å². The smallest absolute Gasteiger partial charge is 0.215 e. The number of carbonyl (C=O) groups is 1. The molecule has 0 atom stereocenters. The topological polar surface area (TPSA) is 86.5 Å². The Morgan fingerprint density at radius 3 is 2.70 bits per heavy atom. The molecule has 0 unspecified atom stereocenters. The molecule has 0 saturated carbocycles. The van der Waals surface area contributed by atoms with Gasteiger partial charge in [0.15, 0.2) is 0 Å². The third-order valence-corrected chi connectivity index (χ3v) is 4.58. The van der Waals surface area contributed by atoms with Crippen LogP contribution in [0.25, 0.3) is 21.8 Å². The molecule has 3 aromatic carbocycles. The van der Waals surface area contributed by atoms with Crippen molar-refractivity contribution >= 4 is 39.0 Å². The lowest BCUT2D eigenvalue weighted by atomic mass is 10.0. The number of para-hydroxylation sites is 2. The Morgan fingerprint density at radius 2 is 1.74 bits per heavy atom. The van der Waals surface area contributed by atoms with Crippen LogP contribution in [-0.4, -0.2) is 26.2 Å². The van der Waals surface area contributed by atoms with Crippen LogP contribution in [0.4, 0.5) is 11.4 Å². The molecule has 0 spiro atoms. The molecule has 0 bridgehead atoms. The number of fused-ring (bicyclic) bond motifs is 2. The van der Waals surface area contributed by atoms with E-state index in [4.69, 9.17) is 0 Å². The summed E-state index contributed by atoms with van der Waals surface area (Å²) in [6.45, 7) is 0. The number of hydrogen-bond acceptors (Lipinski definition) is 4. The fraction of sp³-hybridized carbons (Fsp3) is 0. The van der Waals surface area contributed by atoms with Crippen LogP contribution in [0.15, 0.2) is 72.9 Å². The first-order valence-corrected chi connectivity index (χ1v) is 8.56. The molecule has 130 valence electrons. The number of nitrogens with zero attached hydrogens (tertiary/aromatic N) is 2. The quantitative estimate of drug-likeness (QED) is 0.418. The normalized spacial score (nSPS) is 11.1. The number of aromatic nitrogens is 4. The summed E-state index contributed by atoms with van der Waals surface area (Å²) in [5.41, 5.74) is 4.42. The van der Waals surface area contributed by atoms with E-state index in [1.165, 1.54) is 0 Å².